The van der Waals surface area contributed by atoms with Gasteiger partial charge in [-0.2, -0.15) is 0 Å². The Morgan fingerprint density at radius 1 is 1.22 bits per heavy atom. The number of carbonyl (C=O) groups is 1. The molecule has 1 aromatic carbocycles. The van der Waals surface area contributed by atoms with E-state index < -0.39 is 5.54 Å². The zero-order valence-electron chi connectivity index (χ0n) is 16.9. The molecule has 0 atom stereocenters. The lowest BCUT2D eigenvalue weighted by Crippen LogP contribution is -2.30. The van der Waals surface area contributed by atoms with Gasteiger partial charge in [-0.25, -0.2) is 4.79 Å². The minimum Gasteiger partial charge on any atom is -0.493 e. The number of esters is 1. The van der Waals surface area contributed by atoms with Gasteiger partial charge in [0.25, 0.3) is 0 Å². The van der Waals surface area contributed by atoms with Crippen molar-refractivity contribution in [1.29, 1.82) is 0 Å². The molecule has 1 aromatic heterocycles. The van der Waals surface area contributed by atoms with E-state index in [2.05, 4.69) is 0 Å². The summed E-state index contributed by atoms with van der Waals surface area (Å²) in [6.45, 7) is 8.69. The summed E-state index contributed by atoms with van der Waals surface area (Å²) in [7, 11) is 3.25. The van der Waals surface area contributed by atoms with Crippen LogP contribution < -0.4 is 15.2 Å². The number of fused-ring (bicyclic) bond motifs is 3. The fraction of sp³-hybridized carbons (Fsp3) is 0.476. The molecular weight excluding hydrogens is 344 g/mol. The number of ether oxygens (including phenoxy) is 3. The Bertz CT molecular complexity index is 891. The molecule has 3 rings (SSSR count). The van der Waals surface area contributed by atoms with E-state index >= 15 is 0 Å². The number of hydrogen-bond acceptors (Lipinski definition) is 5. The van der Waals surface area contributed by atoms with Crippen LogP contribution in [-0.2, 0) is 23.2 Å². The van der Waals surface area contributed by atoms with Crippen LogP contribution in [0.5, 0.6) is 11.5 Å². The highest BCUT2D eigenvalue weighted by atomic mass is 16.5. The number of aromatic nitrogens is 1. The number of nitrogens with two attached hydrogens (primary N) is 1. The Hall–Kier alpha value is -2.47. The monoisotopic (exact) mass is 372 g/mol. The SMILES string of the molecule is CCOC(=O)c1c(C)c(C(C)(C)N)c2n1CCc1cc(OC)c(OC)cc1-2. The summed E-state index contributed by atoms with van der Waals surface area (Å²) in [4.78, 5) is 12.7. The predicted octanol–water partition coefficient (Wildman–Crippen LogP) is 3.41. The molecule has 0 fully saturated rings. The van der Waals surface area contributed by atoms with Gasteiger partial charge in [0.1, 0.15) is 5.69 Å². The maximum absolute atomic E-state index is 12.7. The van der Waals surface area contributed by atoms with Crippen LogP contribution in [0.15, 0.2) is 12.1 Å². The van der Waals surface area contributed by atoms with Gasteiger partial charge in [-0.1, -0.05) is 0 Å². The number of aryl methyl sites for hydroxylation is 1. The third-order valence-electron chi connectivity index (χ3n) is 5.09. The number of nitrogens with zero attached hydrogens (tertiary/aromatic N) is 1. The summed E-state index contributed by atoms with van der Waals surface area (Å²) in [6, 6.07) is 3.99. The summed E-state index contributed by atoms with van der Waals surface area (Å²) < 4.78 is 18.3. The minimum atomic E-state index is -0.617. The summed E-state index contributed by atoms with van der Waals surface area (Å²) in [5.74, 6) is 1.05. The molecule has 6 nitrogen and oxygen atoms in total. The van der Waals surface area contributed by atoms with E-state index in [1.165, 1.54) is 0 Å². The molecule has 1 aliphatic rings. The lowest BCUT2D eigenvalue weighted by atomic mass is 9.87. The average Bonchev–Trinajstić information content (AvgIpc) is 2.93. The molecule has 0 aliphatic carbocycles. The number of carbonyl (C=O) groups excluding carboxylic acids is 1. The highest BCUT2D eigenvalue weighted by molar-refractivity contribution is 5.93. The molecule has 1 aliphatic heterocycles. The number of rotatable bonds is 5. The topological polar surface area (TPSA) is 75.7 Å². The van der Waals surface area contributed by atoms with E-state index in [0.29, 0.717) is 30.3 Å². The first kappa shape index (κ1) is 19.3. The first-order valence-electron chi connectivity index (χ1n) is 9.19. The van der Waals surface area contributed by atoms with Gasteiger partial charge in [-0.05, 0) is 57.4 Å². The first-order chi connectivity index (χ1) is 12.7. The van der Waals surface area contributed by atoms with Crippen molar-refractivity contribution in [1.82, 2.24) is 4.57 Å². The van der Waals surface area contributed by atoms with Crippen molar-refractivity contribution in [2.45, 2.75) is 46.2 Å². The second-order valence-corrected chi connectivity index (χ2v) is 7.41. The largest absolute Gasteiger partial charge is 0.493 e. The quantitative estimate of drug-likeness (QED) is 0.814. The van der Waals surface area contributed by atoms with Crippen LogP contribution in [0.4, 0.5) is 0 Å². The third kappa shape index (κ3) is 3.08. The summed E-state index contributed by atoms with van der Waals surface area (Å²) >= 11 is 0. The molecule has 0 radical (unpaired) electrons. The molecule has 2 heterocycles. The Labute approximate surface area is 160 Å². The van der Waals surface area contributed by atoms with Gasteiger partial charge in [0.2, 0.25) is 0 Å². The molecule has 0 bridgehead atoms. The lowest BCUT2D eigenvalue weighted by molar-refractivity contribution is 0.0513. The van der Waals surface area contributed by atoms with Crippen LogP contribution in [-0.4, -0.2) is 31.4 Å². The van der Waals surface area contributed by atoms with Crippen LogP contribution in [0.2, 0.25) is 0 Å². The Kier molecular flexibility index (Phi) is 4.95. The number of hydrogen-bond donors (Lipinski definition) is 1. The molecule has 2 N–H and O–H groups in total. The van der Waals surface area contributed by atoms with E-state index in [-0.39, 0.29) is 5.97 Å². The number of methoxy groups -OCH3 is 2. The number of benzene rings is 1. The molecule has 6 heteroatoms. The minimum absolute atomic E-state index is 0.310. The lowest BCUT2D eigenvalue weighted by Gasteiger charge is -2.27. The van der Waals surface area contributed by atoms with Gasteiger partial charge < -0.3 is 24.5 Å². The second-order valence-electron chi connectivity index (χ2n) is 7.41. The van der Waals surface area contributed by atoms with E-state index in [0.717, 1.165) is 34.4 Å². The van der Waals surface area contributed by atoms with Gasteiger partial charge in [-0.15, -0.1) is 0 Å². The molecule has 0 spiro atoms. The fourth-order valence-corrected chi connectivity index (χ4v) is 4.08. The van der Waals surface area contributed by atoms with Gasteiger partial charge in [0.15, 0.2) is 11.5 Å². The Balaban J connectivity index is 2.34. The fourth-order valence-electron chi connectivity index (χ4n) is 4.08. The maximum atomic E-state index is 12.7. The van der Waals surface area contributed by atoms with Crippen molar-refractivity contribution in [2.24, 2.45) is 5.73 Å². The molecule has 0 amide bonds. The Morgan fingerprint density at radius 3 is 2.41 bits per heavy atom. The van der Waals surface area contributed by atoms with Crippen molar-refractivity contribution in [3.8, 4) is 22.8 Å². The molecule has 0 saturated heterocycles. The summed E-state index contributed by atoms with van der Waals surface area (Å²) in [6.07, 6.45) is 0.785. The average molecular weight is 372 g/mol. The molecule has 2 aromatic rings. The molecular formula is C21H28N2O4. The van der Waals surface area contributed by atoms with Crippen LogP contribution in [0.3, 0.4) is 0 Å². The zero-order valence-corrected chi connectivity index (χ0v) is 16.9. The predicted molar refractivity (Wildman–Crippen MR) is 105 cm³/mol. The van der Waals surface area contributed by atoms with E-state index in [1.54, 1.807) is 14.2 Å². The van der Waals surface area contributed by atoms with E-state index in [1.807, 2.05) is 44.4 Å². The first-order valence-corrected chi connectivity index (χ1v) is 9.19. The van der Waals surface area contributed by atoms with Crippen molar-refractivity contribution in [3.05, 3.63) is 34.5 Å². The molecule has 27 heavy (non-hydrogen) atoms. The van der Waals surface area contributed by atoms with Crippen LogP contribution in [0.25, 0.3) is 11.3 Å². The molecule has 0 saturated carbocycles. The molecule has 146 valence electrons. The second kappa shape index (κ2) is 6.93. The van der Waals surface area contributed by atoms with Gasteiger partial charge in [-0.3, -0.25) is 0 Å². The zero-order chi connectivity index (χ0) is 19.9. The van der Waals surface area contributed by atoms with Gasteiger partial charge >= 0.3 is 5.97 Å². The van der Waals surface area contributed by atoms with Gasteiger partial charge in [0.05, 0.1) is 26.5 Å². The van der Waals surface area contributed by atoms with E-state index in [9.17, 15) is 4.79 Å². The van der Waals surface area contributed by atoms with Crippen molar-refractivity contribution in [2.75, 3.05) is 20.8 Å². The third-order valence-corrected chi connectivity index (χ3v) is 5.09. The van der Waals surface area contributed by atoms with Crippen molar-refractivity contribution in [3.63, 3.8) is 0 Å². The highest BCUT2D eigenvalue weighted by Gasteiger charge is 2.35. The van der Waals surface area contributed by atoms with Gasteiger partial charge in [0, 0.05) is 23.2 Å². The van der Waals surface area contributed by atoms with E-state index in [4.69, 9.17) is 19.9 Å². The van der Waals surface area contributed by atoms with Crippen LogP contribution in [0, 0.1) is 6.92 Å². The maximum Gasteiger partial charge on any atom is 0.355 e. The van der Waals surface area contributed by atoms with Crippen LogP contribution >= 0.6 is 0 Å². The summed E-state index contributed by atoms with van der Waals surface area (Å²) in [5.41, 5.74) is 11.5. The Morgan fingerprint density at radius 2 is 1.85 bits per heavy atom. The normalized spacial score (nSPS) is 13.0. The molecule has 0 unspecified atom stereocenters. The van der Waals surface area contributed by atoms with Crippen molar-refractivity contribution < 1.29 is 19.0 Å². The van der Waals surface area contributed by atoms with Crippen molar-refractivity contribution >= 4 is 5.97 Å². The standard InChI is InChI=1S/C21H28N2O4/c1-7-27-20(24)18-12(2)17(21(3,4)22)19-14-11-16(26-6)15(25-5)10-13(14)8-9-23(18)19/h10-11H,7-9,22H2,1-6H3. The summed E-state index contributed by atoms with van der Waals surface area (Å²) in [5, 5.41) is 0. The smallest absolute Gasteiger partial charge is 0.355 e. The van der Waals surface area contributed by atoms with Crippen LogP contribution in [0.1, 0.15) is 48.0 Å². The highest BCUT2D eigenvalue weighted by Crippen LogP contribution is 2.45.